The van der Waals surface area contributed by atoms with Gasteiger partial charge >= 0.3 is 0 Å². The number of halogens is 1. The summed E-state index contributed by atoms with van der Waals surface area (Å²) in [6.45, 7) is 5.78. The summed E-state index contributed by atoms with van der Waals surface area (Å²) in [6, 6.07) is 8.05. The van der Waals surface area contributed by atoms with Crippen LogP contribution in [-0.4, -0.2) is 20.7 Å². The number of nitrogens with two attached hydrogens (primary N) is 1. The van der Waals surface area contributed by atoms with E-state index in [1.54, 1.807) is 41.8 Å². The van der Waals surface area contributed by atoms with Gasteiger partial charge in [-0.3, -0.25) is 9.59 Å². The molecule has 1 aromatic carbocycles. The SMILES string of the molecule is C=CCn1c(N)cc(=O)nc1SC(C)C(=O)Nc1ccc(Cl)cc1. The van der Waals surface area contributed by atoms with Gasteiger partial charge in [0.1, 0.15) is 5.82 Å². The van der Waals surface area contributed by atoms with Crippen LogP contribution in [0.3, 0.4) is 0 Å². The molecule has 0 bridgehead atoms. The van der Waals surface area contributed by atoms with Crippen molar-refractivity contribution in [3.05, 3.63) is 58.4 Å². The number of benzene rings is 1. The number of allylic oxidation sites excluding steroid dienone is 1. The molecule has 1 aromatic heterocycles. The van der Waals surface area contributed by atoms with Crippen LogP contribution in [0.15, 0.2) is 52.9 Å². The van der Waals surface area contributed by atoms with Crippen molar-refractivity contribution in [3.63, 3.8) is 0 Å². The normalized spacial score (nSPS) is 11.8. The van der Waals surface area contributed by atoms with E-state index in [0.717, 1.165) is 11.8 Å². The van der Waals surface area contributed by atoms with Crippen LogP contribution in [0.2, 0.25) is 5.02 Å². The van der Waals surface area contributed by atoms with E-state index >= 15 is 0 Å². The van der Waals surface area contributed by atoms with Crippen molar-refractivity contribution in [2.45, 2.75) is 23.9 Å². The van der Waals surface area contributed by atoms with Gasteiger partial charge in [0.15, 0.2) is 5.16 Å². The quantitative estimate of drug-likeness (QED) is 0.467. The van der Waals surface area contributed by atoms with E-state index in [-0.39, 0.29) is 11.7 Å². The van der Waals surface area contributed by atoms with E-state index in [1.165, 1.54) is 6.07 Å². The molecule has 24 heavy (non-hydrogen) atoms. The van der Waals surface area contributed by atoms with Gasteiger partial charge in [-0.2, -0.15) is 4.98 Å². The molecule has 126 valence electrons. The minimum absolute atomic E-state index is 0.218. The van der Waals surface area contributed by atoms with Crippen molar-refractivity contribution in [2.24, 2.45) is 0 Å². The Morgan fingerprint density at radius 1 is 1.50 bits per heavy atom. The predicted molar refractivity (Wildman–Crippen MR) is 98.5 cm³/mol. The maximum absolute atomic E-state index is 12.3. The van der Waals surface area contributed by atoms with Gasteiger partial charge in [0.05, 0.1) is 5.25 Å². The number of nitrogens with zero attached hydrogens (tertiary/aromatic N) is 2. The lowest BCUT2D eigenvalue weighted by Crippen LogP contribution is -2.25. The molecule has 0 saturated carbocycles. The molecule has 0 aliphatic rings. The van der Waals surface area contributed by atoms with Gasteiger partial charge in [-0.1, -0.05) is 29.4 Å². The van der Waals surface area contributed by atoms with Gasteiger partial charge in [0.2, 0.25) is 5.91 Å². The van der Waals surface area contributed by atoms with Crippen LogP contribution in [0.1, 0.15) is 6.92 Å². The van der Waals surface area contributed by atoms with Gasteiger partial charge in [0.25, 0.3) is 5.56 Å². The van der Waals surface area contributed by atoms with Crippen molar-refractivity contribution < 1.29 is 4.79 Å². The summed E-state index contributed by atoms with van der Waals surface area (Å²) in [4.78, 5) is 27.8. The van der Waals surface area contributed by atoms with Gasteiger partial charge in [-0.15, -0.1) is 6.58 Å². The molecule has 1 amide bonds. The number of thioether (sulfide) groups is 1. The standard InChI is InChI=1S/C16H17ClN4O2S/c1-3-8-21-13(18)9-14(22)20-16(21)24-10(2)15(23)19-12-6-4-11(17)5-7-12/h3-7,9-10H,1,8,18H2,2H3,(H,19,23). The molecule has 2 rings (SSSR count). The van der Waals surface area contributed by atoms with Gasteiger partial charge in [-0.25, -0.2) is 0 Å². The van der Waals surface area contributed by atoms with Crippen LogP contribution >= 0.6 is 23.4 Å². The number of carbonyl (C=O) groups excluding carboxylic acids is 1. The third kappa shape index (κ3) is 4.62. The minimum Gasteiger partial charge on any atom is -0.385 e. The van der Waals surface area contributed by atoms with Crippen molar-refractivity contribution >= 4 is 40.8 Å². The molecular formula is C16H17ClN4O2S. The number of carbonyl (C=O) groups is 1. The Hall–Kier alpha value is -2.25. The average molecular weight is 365 g/mol. The lowest BCUT2D eigenvalue weighted by molar-refractivity contribution is -0.115. The number of anilines is 2. The average Bonchev–Trinajstić information content (AvgIpc) is 2.52. The molecule has 2 aromatic rings. The number of aromatic nitrogens is 2. The van der Waals surface area contributed by atoms with Crippen LogP contribution in [0.25, 0.3) is 0 Å². The molecule has 1 unspecified atom stereocenters. The first-order valence-corrected chi connectivity index (χ1v) is 8.38. The lowest BCUT2D eigenvalue weighted by Gasteiger charge is -2.16. The highest BCUT2D eigenvalue weighted by Crippen LogP contribution is 2.23. The van der Waals surface area contributed by atoms with Gasteiger partial charge in [0, 0.05) is 23.3 Å². The number of amides is 1. The minimum atomic E-state index is -0.481. The van der Waals surface area contributed by atoms with E-state index in [0.29, 0.717) is 22.4 Å². The number of hydrogen-bond donors (Lipinski definition) is 2. The molecule has 1 atom stereocenters. The largest absolute Gasteiger partial charge is 0.385 e. The van der Waals surface area contributed by atoms with Crippen LogP contribution < -0.4 is 16.6 Å². The van der Waals surface area contributed by atoms with Crippen molar-refractivity contribution in [2.75, 3.05) is 11.1 Å². The molecule has 0 fully saturated rings. The topological polar surface area (TPSA) is 90.0 Å². The zero-order chi connectivity index (χ0) is 17.7. The first-order valence-electron chi connectivity index (χ1n) is 7.12. The fourth-order valence-corrected chi connectivity index (χ4v) is 2.95. The molecule has 8 heteroatoms. The van der Waals surface area contributed by atoms with Gasteiger partial charge in [-0.05, 0) is 31.2 Å². The number of nitrogen functional groups attached to an aromatic ring is 1. The highest BCUT2D eigenvalue weighted by atomic mass is 35.5. The summed E-state index contributed by atoms with van der Waals surface area (Å²) >= 11 is 6.97. The fraction of sp³-hybridized carbons (Fsp3) is 0.188. The summed E-state index contributed by atoms with van der Waals surface area (Å²) in [5.41, 5.74) is 6.04. The molecule has 0 saturated heterocycles. The highest BCUT2D eigenvalue weighted by Gasteiger charge is 2.18. The summed E-state index contributed by atoms with van der Waals surface area (Å²) in [5, 5.41) is 3.27. The molecule has 1 heterocycles. The fourth-order valence-electron chi connectivity index (χ4n) is 1.89. The first kappa shape index (κ1) is 18.1. The van der Waals surface area contributed by atoms with E-state index in [9.17, 15) is 9.59 Å². The Morgan fingerprint density at radius 2 is 2.17 bits per heavy atom. The molecule has 0 radical (unpaired) electrons. The maximum Gasteiger partial charge on any atom is 0.275 e. The molecule has 0 aliphatic carbocycles. The van der Waals surface area contributed by atoms with Crippen LogP contribution in [0.4, 0.5) is 11.5 Å². The second kappa shape index (κ2) is 8.03. The summed E-state index contributed by atoms with van der Waals surface area (Å²) in [7, 11) is 0. The summed E-state index contributed by atoms with van der Waals surface area (Å²) in [5.74, 6) is 0.0619. The maximum atomic E-state index is 12.3. The summed E-state index contributed by atoms with van der Waals surface area (Å²) < 4.78 is 1.63. The summed E-state index contributed by atoms with van der Waals surface area (Å²) in [6.07, 6.45) is 1.64. The molecular weight excluding hydrogens is 348 g/mol. The Bertz CT molecular complexity index is 805. The molecule has 0 spiro atoms. The van der Waals surface area contributed by atoms with Crippen LogP contribution in [0, 0.1) is 0 Å². The van der Waals surface area contributed by atoms with Crippen LogP contribution in [-0.2, 0) is 11.3 Å². The number of nitrogens with one attached hydrogen (secondary N) is 1. The predicted octanol–water partition coefficient (Wildman–Crippen LogP) is 2.78. The van der Waals surface area contributed by atoms with E-state index in [4.69, 9.17) is 17.3 Å². The van der Waals surface area contributed by atoms with Crippen LogP contribution in [0.5, 0.6) is 0 Å². The smallest absolute Gasteiger partial charge is 0.275 e. The highest BCUT2D eigenvalue weighted by molar-refractivity contribution is 8.00. The Kier molecular flexibility index (Phi) is 6.05. The Morgan fingerprint density at radius 3 is 2.79 bits per heavy atom. The second-order valence-electron chi connectivity index (χ2n) is 4.96. The van der Waals surface area contributed by atoms with Gasteiger partial charge < -0.3 is 15.6 Å². The lowest BCUT2D eigenvalue weighted by atomic mass is 10.3. The third-order valence-corrected chi connectivity index (χ3v) is 4.44. The van der Waals surface area contributed by atoms with E-state index in [2.05, 4.69) is 16.9 Å². The van der Waals surface area contributed by atoms with Crippen molar-refractivity contribution in [1.82, 2.24) is 9.55 Å². The third-order valence-electron chi connectivity index (χ3n) is 3.09. The Balaban J connectivity index is 2.15. The molecule has 6 nitrogen and oxygen atoms in total. The van der Waals surface area contributed by atoms with E-state index < -0.39 is 10.8 Å². The number of rotatable bonds is 6. The monoisotopic (exact) mass is 364 g/mol. The van der Waals surface area contributed by atoms with Crippen molar-refractivity contribution in [3.8, 4) is 0 Å². The molecule has 3 N–H and O–H groups in total. The first-order chi connectivity index (χ1) is 11.4. The zero-order valence-electron chi connectivity index (χ0n) is 13.0. The molecule has 0 aliphatic heterocycles. The zero-order valence-corrected chi connectivity index (χ0v) is 14.6. The Labute approximate surface area is 148 Å². The number of hydrogen-bond acceptors (Lipinski definition) is 5. The second-order valence-corrected chi connectivity index (χ2v) is 6.70. The van der Waals surface area contributed by atoms with E-state index in [1.807, 2.05) is 0 Å². The van der Waals surface area contributed by atoms with Crippen molar-refractivity contribution in [1.29, 1.82) is 0 Å².